The molecular weight excluding hydrogens is 156 g/mol. The topological polar surface area (TPSA) is 15.3 Å². The largest absolute Gasteiger partial charge is 0.366 e. The lowest BCUT2D eigenvalue weighted by molar-refractivity contribution is 0.277. The van der Waals surface area contributed by atoms with Gasteiger partial charge in [-0.05, 0) is 12.2 Å². The average molecular weight is 166 g/mol. The molecule has 0 saturated carbocycles. The molecule has 1 atom stereocenters. The van der Waals surface area contributed by atoms with Crippen molar-refractivity contribution in [3.05, 3.63) is 12.3 Å². The van der Waals surface area contributed by atoms with Crippen LogP contribution in [0.5, 0.6) is 0 Å². The maximum Gasteiger partial charge on any atom is 0.0758 e. The predicted octanol–water partition coefficient (Wildman–Crippen LogP) is -0.556. The van der Waals surface area contributed by atoms with Gasteiger partial charge in [-0.2, -0.15) is 0 Å². The number of hydrogen-bond donors (Lipinski definition) is 1. The second-order valence-electron chi connectivity index (χ2n) is 2.19. The minimum atomic E-state index is 0.430. The molecule has 0 aromatic carbocycles. The Morgan fingerprint density at radius 2 is 2.40 bits per heavy atom. The summed E-state index contributed by atoms with van der Waals surface area (Å²) in [5, 5.41) is 3.33. The molecule has 0 saturated heterocycles. The summed E-state index contributed by atoms with van der Waals surface area (Å²) in [6.45, 7) is 0.970. The van der Waals surface area contributed by atoms with Crippen LogP contribution < -0.4 is 5.32 Å². The highest BCUT2D eigenvalue weighted by Gasteiger charge is 2.12. The zero-order valence-corrected chi connectivity index (χ0v) is 7.80. The van der Waals surface area contributed by atoms with Crippen LogP contribution in [0.4, 0.5) is 0 Å². The molecule has 0 aliphatic carbocycles. The zero-order valence-electron chi connectivity index (χ0n) is 5.80. The van der Waals surface area contributed by atoms with Crippen LogP contribution in [0.3, 0.4) is 0 Å². The van der Waals surface area contributed by atoms with Crippen molar-refractivity contribution in [2.24, 2.45) is 0 Å². The molecule has 0 spiro atoms. The van der Waals surface area contributed by atoms with Gasteiger partial charge in [0, 0.05) is 23.0 Å². The lowest BCUT2D eigenvalue weighted by Crippen LogP contribution is -2.45. The van der Waals surface area contributed by atoms with Gasteiger partial charge in [0.2, 0.25) is 0 Å². The highest BCUT2D eigenvalue weighted by molar-refractivity contribution is 6.09. The molecule has 1 N–H and O–H groups in total. The Morgan fingerprint density at radius 1 is 1.60 bits per heavy atom. The Hall–Kier alpha value is -0.0662. The Bertz CT molecular complexity index is 127. The molecule has 2 nitrogen and oxygen atoms in total. The van der Waals surface area contributed by atoms with Crippen LogP contribution in [-0.4, -0.2) is 44.3 Å². The van der Waals surface area contributed by atoms with Gasteiger partial charge < -0.3 is 4.90 Å². The van der Waals surface area contributed by atoms with Gasteiger partial charge in [0.25, 0.3) is 0 Å². The normalized spacial score (nSPS) is 25.4. The molecule has 1 rings (SSSR count). The van der Waals surface area contributed by atoms with E-state index in [9.17, 15) is 0 Å². The summed E-state index contributed by atoms with van der Waals surface area (Å²) in [5.41, 5.74) is 0. The second-order valence-corrected chi connectivity index (χ2v) is 2.91. The molecule has 0 fully saturated rings. The Morgan fingerprint density at radius 3 is 2.90 bits per heavy atom. The van der Waals surface area contributed by atoms with Gasteiger partial charge in [-0.3, -0.25) is 5.32 Å². The van der Waals surface area contributed by atoms with Crippen molar-refractivity contribution in [1.29, 1.82) is 0 Å². The third-order valence-corrected chi connectivity index (χ3v) is 2.30. The summed E-state index contributed by atoms with van der Waals surface area (Å²) in [5.74, 6) is 0. The van der Waals surface area contributed by atoms with Crippen LogP contribution in [0.2, 0.25) is 6.04 Å². The molecule has 0 amide bonds. The van der Waals surface area contributed by atoms with E-state index in [1.807, 2.05) is 0 Å². The fraction of sp³-hybridized carbons (Fsp3) is 0.667. The van der Waals surface area contributed by atoms with Crippen molar-refractivity contribution in [3.63, 3.8) is 0 Å². The number of hydrogen-bond acceptors (Lipinski definition) is 2. The summed E-state index contributed by atoms with van der Waals surface area (Å²) < 4.78 is 0. The van der Waals surface area contributed by atoms with Crippen LogP contribution >= 0.6 is 0 Å². The first-order valence-corrected chi connectivity index (χ1v) is 4.75. The Kier molecular flexibility index (Phi) is 3.17. The summed E-state index contributed by atoms with van der Waals surface area (Å²) in [7, 11) is 6.93. The van der Waals surface area contributed by atoms with E-state index in [-0.39, 0.29) is 0 Å². The molecule has 10 heavy (non-hydrogen) atoms. The summed E-state index contributed by atoms with van der Waals surface area (Å²) >= 11 is 0. The number of rotatable bonds is 2. The number of nitrogens with zero attached hydrogens (tertiary/aromatic N) is 1. The van der Waals surface area contributed by atoms with Crippen molar-refractivity contribution >= 4 is 20.5 Å². The average Bonchev–Trinajstić information content (AvgIpc) is 2.04. The fourth-order valence-corrected chi connectivity index (χ4v) is 1.67. The monoisotopic (exact) mass is 166 g/mol. The van der Waals surface area contributed by atoms with E-state index < -0.39 is 0 Å². The van der Waals surface area contributed by atoms with Crippen LogP contribution in [-0.2, 0) is 0 Å². The first-order valence-electron chi connectivity index (χ1n) is 3.33. The van der Waals surface area contributed by atoms with Crippen LogP contribution in [0, 0.1) is 0 Å². The maximum absolute atomic E-state index is 3.48. The first kappa shape index (κ1) is 8.03. The van der Waals surface area contributed by atoms with E-state index >= 15 is 0 Å². The quantitative estimate of drug-likeness (QED) is 0.554. The molecule has 0 aromatic heterocycles. The molecule has 1 aliphatic heterocycles. The van der Waals surface area contributed by atoms with Crippen molar-refractivity contribution in [2.75, 3.05) is 12.7 Å². The van der Waals surface area contributed by atoms with Crippen LogP contribution in [0.25, 0.3) is 0 Å². The maximum atomic E-state index is 3.48. The molecule has 6 radical (unpaired) electrons. The highest BCUT2D eigenvalue weighted by atomic mass is 28.1. The van der Waals surface area contributed by atoms with E-state index in [1.54, 1.807) is 0 Å². The minimum Gasteiger partial charge on any atom is -0.366 e. The van der Waals surface area contributed by atoms with Gasteiger partial charge in [0.1, 0.15) is 0 Å². The van der Waals surface area contributed by atoms with E-state index in [0.29, 0.717) is 6.17 Å². The molecule has 1 unspecified atom stereocenters. The minimum absolute atomic E-state index is 0.430. The van der Waals surface area contributed by atoms with Crippen molar-refractivity contribution in [3.8, 4) is 0 Å². The van der Waals surface area contributed by atoms with Crippen LogP contribution in [0.15, 0.2) is 12.3 Å². The molecule has 4 heteroatoms. The van der Waals surface area contributed by atoms with Gasteiger partial charge in [-0.15, -0.1) is 0 Å². The standard InChI is InChI=1S/C6H10N2Si2/c9-4-6-7-2-1-3-8(6)5-10/h1,3,6-7H,2,4-5H2. The Balaban J connectivity index is 2.47. The molecular formula is C6H10N2Si2. The summed E-state index contributed by atoms with van der Waals surface area (Å²) in [4.78, 5) is 2.19. The second kappa shape index (κ2) is 3.95. The third-order valence-electron chi connectivity index (χ3n) is 1.54. The van der Waals surface area contributed by atoms with E-state index in [2.05, 4.69) is 43.0 Å². The van der Waals surface area contributed by atoms with Gasteiger partial charge in [0.15, 0.2) is 0 Å². The molecule has 1 heterocycles. The number of nitrogens with one attached hydrogen (secondary N) is 1. The smallest absolute Gasteiger partial charge is 0.0758 e. The third kappa shape index (κ3) is 1.71. The zero-order chi connectivity index (χ0) is 7.40. The van der Waals surface area contributed by atoms with Crippen molar-refractivity contribution in [1.82, 2.24) is 10.2 Å². The summed E-state index contributed by atoms with van der Waals surface area (Å²) in [6.07, 6.45) is 5.52. The molecule has 0 bridgehead atoms. The van der Waals surface area contributed by atoms with E-state index in [4.69, 9.17) is 0 Å². The SMILES string of the molecule is [Si]CC1NCC=CN1C[Si]. The van der Waals surface area contributed by atoms with Gasteiger partial charge in [0.05, 0.1) is 16.4 Å². The van der Waals surface area contributed by atoms with Crippen LogP contribution in [0.1, 0.15) is 0 Å². The highest BCUT2D eigenvalue weighted by Crippen LogP contribution is 2.03. The molecule has 1 aliphatic rings. The lowest BCUT2D eigenvalue weighted by atomic mass is 10.4. The molecule has 0 aromatic rings. The van der Waals surface area contributed by atoms with E-state index in [0.717, 1.165) is 18.8 Å². The fourth-order valence-electron chi connectivity index (χ4n) is 0.966. The van der Waals surface area contributed by atoms with E-state index in [1.165, 1.54) is 0 Å². The first-order chi connectivity index (χ1) is 4.88. The van der Waals surface area contributed by atoms with Gasteiger partial charge >= 0.3 is 0 Å². The van der Waals surface area contributed by atoms with Gasteiger partial charge in [-0.25, -0.2) is 0 Å². The lowest BCUT2D eigenvalue weighted by Gasteiger charge is -2.32. The van der Waals surface area contributed by atoms with Crippen molar-refractivity contribution in [2.45, 2.75) is 12.2 Å². The van der Waals surface area contributed by atoms with Crippen molar-refractivity contribution < 1.29 is 0 Å². The Labute approximate surface area is 68.5 Å². The predicted molar refractivity (Wildman–Crippen MR) is 44.0 cm³/mol. The summed E-state index contributed by atoms with van der Waals surface area (Å²) in [6, 6.07) is 0.953. The molecule has 52 valence electrons. The van der Waals surface area contributed by atoms with Gasteiger partial charge in [-0.1, -0.05) is 6.08 Å².